The van der Waals surface area contributed by atoms with E-state index in [2.05, 4.69) is 15.3 Å². The molecular weight excluding hydrogens is 252 g/mol. The molecule has 0 aliphatic rings. The van der Waals surface area contributed by atoms with Gasteiger partial charge in [0.1, 0.15) is 11.4 Å². The van der Waals surface area contributed by atoms with E-state index in [0.29, 0.717) is 5.69 Å². The molecule has 1 aromatic carbocycles. The van der Waals surface area contributed by atoms with E-state index >= 15 is 0 Å². The number of aryl methyl sites for hydroxylation is 1. The van der Waals surface area contributed by atoms with E-state index in [1.165, 1.54) is 5.56 Å². The minimum atomic E-state index is -0.157. The van der Waals surface area contributed by atoms with Crippen LogP contribution in [-0.2, 0) is 6.61 Å². The minimum absolute atomic E-state index is 0.157. The van der Waals surface area contributed by atoms with Gasteiger partial charge in [-0.2, -0.15) is 0 Å². The second-order valence-electron chi connectivity index (χ2n) is 4.53. The molecule has 0 aliphatic carbocycles. The Labute approximate surface area is 116 Å². The van der Waals surface area contributed by atoms with Crippen LogP contribution in [0.25, 0.3) is 16.9 Å². The topological polar surface area (TPSA) is 63.8 Å². The lowest BCUT2D eigenvalue weighted by Gasteiger charge is -2.07. The molecule has 0 fully saturated rings. The Morgan fingerprint density at radius 3 is 2.60 bits per heavy atom. The van der Waals surface area contributed by atoms with Crippen molar-refractivity contribution in [1.29, 1.82) is 0 Å². The summed E-state index contributed by atoms with van der Waals surface area (Å²) in [5, 5.41) is 17.6. The molecule has 0 saturated heterocycles. The van der Waals surface area contributed by atoms with Crippen LogP contribution in [0.5, 0.6) is 0 Å². The van der Waals surface area contributed by atoms with Gasteiger partial charge in [-0.3, -0.25) is 4.98 Å². The predicted octanol–water partition coefficient (Wildman–Crippen LogP) is 2.13. The summed E-state index contributed by atoms with van der Waals surface area (Å²) < 4.78 is 1.72. The number of rotatable bonds is 3. The third-order valence-electron chi connectivity index (χ3n) is 3.10. The minimum Gasteiger partial charge on any atom is -0.390 e. The van der Waals surface area contributed by atoms with Crippen molar-refractivity contribution < 1.29 is 5.11 Å². The van der Waals surface area contributed by atoms with E-state index < -0.39 is 0 Å². The maximum absolute atomic E-state index is 9.45. The van der Waals surface area contributed by atoms with Gasteiger partial charge in [0, 0.05) is 18.0 Å². The summed E-state index contributed by atoms with van der Waals surface area (Å²) in [6, 6.07) is 11.8. The van der Waals surface area contributed by atoms with Crippen LogP contribution in [0, 0.1) is 6.92 Å². The summed E-state index contributed by atoms with van der Waals surface area (Å²) in [7, 11) is 0. The fourth-order valence-electron chi connectivity index (χ4n) is 2.08. The largest absolute Gasteiger partial charge is 0.390 e. The normalized spacial score (nSPS) is 10.7. The van der Waals surface area contributed by atoms with Gasteiger partial charge < -0.3 is 5.11 Å². The third kappa shape index (κ3) is 2.19. The van der Waals surface area contributed by atoms with Crippen molar-refractivity contribution in [2.45, 2.75) is 13.5 Å². The van der Waals surface area contributed by atoms with Crippen LogP contribution in [-0.4, -0.2) is 25.1 Å². The first-order valence-electron chi connectivity index (χ1n) is 6.32. The van der Waals surface area contributed by atoms with E-state index in [0.717, 1.165) is 16.9 Å². The molecule has 0 saturated carbocycles. The highest BCUT2D eigenvalue weighted by Crippen LogP contribution is 2.24. The van der Waals surface area contributed by atoms with Gasteiger partial charge in [-0.25, -0.2) is 4.68 Å². The van der Waals surface area contributed by atoms with Gasteiger partial charge in [-0.05, 0) is 31.2 Å². The fourth-order valence-corrected chi connectivity index (χ4v) is 2.08. The van der Waals surface area contributed by atoms with E-state index in [1.807, 2.05) is 43.3 Å². The predicted molar refractivity (Wildman–Crippen MR) is 75.2 cm³/mol. The molecule has 2 heterocycles. The molecule has 3 rings (SSSR count). The number of nitrogens with zero attached hydrogens (tertiary/aromatic N) is 4. The zero-order chi connectivity index (χ0) is 13.9. The van der Waals surface area contributed by atoms with Gasteiger partial charge in [0.25, 0.3) is 0 Å². The van der Waals surface area contributed by atoms with Crippen LogP contribution in [0.4, 0.5) is 0 Å². The number of hydrogen-bond acceptors (Lipinski definition) is 4. The molecule has 100 valence electrons. The quantitative estimate of drug-likeness (QED) is 0.788. The first-order chi connectivity index (χ1) is 9.79. The molecule has 20 heavy (non-hydrogen) atoms. The average Bonchev–Trinajstić information content (AvgIpc) is 2.93. The molecule has 1 N–H and O–H groups in total. The van der Waals surface area contributed by atoms with Gasteiger partial charge >= 0.3 is 0 Å². The van der Waals surface area contributed by atoms with Crippen molar-refractivity contribution in [3.8, 4) is 16.9 Å². The lowest BCUT2D eigenvalue weighted by molar-refractivity contribution is 0.277. The van der Waals surface area contributed by atoms with Crippen LogP contribution in [0.2, 0.25) is 0 Å². The Bertz CT molecular complexity index is 704. The maximum atomic E-state index is 9.45. The summed E-state index contributed by atoms with van der Waals surface area (Å²) in [5.74, 6) is 0. The average molecular weight is 266 g/mol. The second kappa shape index (κ2) is 5.22. The van der Waals surface area contributed by atoms with Crippen LogP contribution in [0.15, 0.2) is 48.8 Å². The molecule has 0 aliphatic heterocycles. The molecular formula is C15H14N4O. The van der Waals surface area contributed by atoms with Gasteiger partial charge in [0.05, 0.1) is 12.3 Å². The van der Waals surface area contributed by atoms with Gasteiger partial charge in [0.15, 0.2) is 0 Å². The molecule has 2 aromatic heterocycles. The Hall–Kier alpha value is -2.53. The zero-order valence-corrected chi connectivity index (χ0v) is 11.1. The fraction of sp³-hybridized carbons (Fsp3) is 0.133. The molecule has 0 amide bonds. The molecule has 0 unspecified atom stereocenters. The Morgan fingerprint density at radius 1 is 1.15 bits per heavy atom. The summed E-state index contributed by atoms with van der Waals surface area (Å²) in [6.07, 6.45) is 3.45. The van der Waals surface area contributed by atoms with Crippen LogP contribution in [0.3, 0.4) is 0 Å². The monoisotopic (exact) mass is 266 g/mol. The summed E-state index contributed by atoms with van der Waals surface area (Å²) in [5.41, 5.74) is 4.27. The lowest BCUT2D eigenvalue weighted by atomic mass is 10.1. The van der Waals surface area contributed by atoms with Crippen molar-refractivity contribution in [2.24, 2.45) is 0 Å². The molecule has 3 aromatic rings. The highest BCUT2D eigenvalue weighted by Gasteiger charge is 2.15. The highest BCUT2D eigenvalue weighted by molar-refractivity contribution is 5.63. The maximum Gasteiger partial charge on any atom is 0.117 e. The van der Waals surface area contributed by atoms with Crippen molar-refractivity contribution in [3.63, 3.8) is 0 Å². The standard InChI is InChI=1S/C15H14N4O/c1-11-4-6-13(7-5-11)19-15(14(10-20)17-18-19)12-3-2-8-16-9-12/h2-9,20H,10H2,1H3. The van der Waals surface area contributed by atoms with Crippen LogP contribution in [0.1, 0.15) is 11.3 Å². The Balaban J connectivity index is 2.17. The second-order valence-corrected chi connectivity index (χ2v) is 4.53. The molecule has 0 spiro atoms. The first kappa shape index (κ1) is 12.5. The van der Waals surface area contributed by atoms with Gasteiger partial charge in [-0.1, -0.05) is 22.9 Å². The van der Waals surface area contributed by atoms with E-state index in [4.69, 9.17) is 0 Å². The van der Waals surface area contributed by atoms with Gasteiger partial charge in [0.2, 0.25) is 0 Å². The number of aromatic nitrogens is 4. The van der Waals surface area contributed by atoms with Crippen molar-refractivity contribution in [2.75, 3.05) is 0 Å². The van der Waals surface area contributed by atoms with Crippen molar-refractivity contribution in [3.05, 3.63) is 60.0 Å². The van der Waals surface area contributed by atoms with Crippen LogP contribution < -0.4 is 0 Å². The molecule has 5 nitrogen and oxygen atoms in total. The number of aliphatic hydroxyl groups excluding tert-OH is 1. The Morgan fingerprint density at radius 2 is 1.95 bits per heavy atom. The third-order valence-corrected chi connectivity index (χ3v) is 3.10. The molecule has 5 heteroatoms. The highest BCUT2D eigenvalue weighted by atomic mass is 16.3. The molecule has 0 radical (unpaired) electrons. The number of benzene rings is 1. The Kier molecular flexibility index (Phi) is 3.26. The van der Waals surface area contributed by atoms with Crippen LogP contribution >= 0.6 is 0 Å². The number of aliphatic hydroxyl groups is 1. The summed E-state index contributed by atoms with van der Waals surface area (Å²) >= 11 is 0. The smallest absolute Gasteiger partial charge is 0.117 e. The lowest BCUT2D eigenvalue weighted by Crippen LogP contribution is -2.00. The van der Waals surface area contributed by atoms with Crippen molar-refractivity contribution >= 4 is 0 Å². The van der Waals surface area contributed by atoms with E-state index in [1.54, 1.807) is 17.1 Å². The first-order valence-corrected chi connectivity index (χ1v) is 6.32. The zero-order valence-electron chi connectivity index (χ0n) is 11.1. The number of pyridine rings is 1. The van der Waals surface area contributed by atoms with Gasteiger partial charge in [-0.15, -0.1) is 5.10 Å². The number of hydrogen-bond donors (Lipinski definition) is 1. The summed E-state index contributed by atoms with van der Waals surface area (Å²) in [4.78, 5) is 4.11. The van der Waals surface area contributed by atoms with Crippen molar-refractivity contribution in [1.82, 2.24) is 20.0 Å². The van der Waals surface area contributed by atoms with E-state index in [-0.39, 0.29) is 6.61 Å². The SMILES string of the molecule is Cc1ccc(-n2nnc(CO)c2-c2cccnc2)cc1. The molecule has 0 atom stereocenters. The van der Waals surface area contributed by atoms with E-state index in [9.17, 15) is 5.11 Å². The summed E-state index contributed by atoms with van der Waals surface area (Å²) in [6.45, 7) is 1.88. The molecule has 0 bridgehead atoms.